The number of halogens is 1. The molecule has 1 saturated heterocycles. The van der Waals surface area contributed by atoms with Crippen LogP contribution < -0.4 is 5.69 Å². The molecule has 0 saturated carbocycles. The molecule has 2 aliphatic rings. The Morgan fingerprint density at radius 3 is 2.85 bits per heavy atom. The summed E-state index contributed by atoms with van der Waals surface area (Å²) in [6.45, 7) is 1.39. The van der Waals surface area contributed by atoms with Crippen molar-refractivity contribution in [2.24, 2.45) is 0 Å². The van der Waals surface area contributed by atoms with Gasteiger partial charge in [0.2, 0.25) is 5.91 Å². The molecule has 1 amide bonds. The van der Waals surface area contributed by atoms with Crippen LogP contribution in [0.25, 0.3) is 0 Å². The van der Waals surface area contributed by atoms with Gasteiger partial charge in [-0.3, -0.25) is 9.36 Å². The van der Waals surface area contributed by atoms with Gasteiger partial charge in [-0.2, -0.15) is 5.10 Å². The second-order valence-electron chi connectivity index (χ2n) is 7.09. The second kappa shape index (κ2) is 7.27. The van der Waals surface area contributed by atoms with E-state index in [0.717, 1.165) is 49.9 Å². The number of hydrogen-bond donors (Lipinski definition) is 0. The molecule has 1 aromatic carbocycles. The summed E-state index contributed by atoms with van der Waals surface area (Å²) in [6.07, 6.45) is 5.80. The Hall–Kier alpha value is -2.08. The Morgan fingerprint density at radius 2 is 2.00 bits per heavy atom. The molecular weight excluding hydrogens is 352 g/mol. The quantitative estimate of drug-likeness (QED) is 0.830. The van der Waals surface area contributed by atoms with E-state index in [0.29, 0.717) is 18.1 Å². The van der Waals surface area contributed by atoms with Crippen LogP contribution in [0.1, 0.15) is 49.5 Å². The van der Waals surface area contributed by atoms with Gasteiger partial charge in [0, 0.05) is 24.5 Å². The number of carbonyl (C=O) groups excluding carboxylic acids is 1. The van der Waals surface area contributed by atoms with Gasteiger partial charge in [0.05, 0.1) is 6.04 Å². The van der Waals surface area contributed by atoms with Gasteiger partial charge in [0.1, 0.15) is 12.4 Å². The van der Waals surface area contributed by atoms with Crippen LogP contribution in [-0.4, -0.2) is 31.7 Å². The first-order chi connectivity index (χ1) is 12.6. The Bertz CT molecular complexity index is 873. The first kappa shape index (κ1) is 17.3. The lowest BCUT2D eigenvalue weighted by Crippen LogP contribution is -2.37. The highest BCUT2D eigenvalue weighted by Crippen LogP contribution is 2.35. The van der Waals surface area contributed by atoms with Crippen LogP contribution in [0.3, 0.4) is 0 Å². The van der Waals surface area contributed by atoms with Gasteiger partial charge in [-0.1, -0.05) is 36.2 Å². The highest BCUT2D eigenvalue weighted by Gasteiger charge is 2.31. The van der Waals surface area contributed by atoms with E-state index in [1.807, 2.05) is 29.2 Å². The molecule has 26 heavy (non-hydrogen) atoms. The monoisotopic (exact) mass is 374 g/mol. The number of rotatable bonds is 3. The topological polar surface area (TPSA) is 60.1 Å². The molecule has 0 spiro atoms. The summed E-state index contributed by atoms with van der Waals surface area (Å²) in [6, 6.07) is 7.65. The smallest absolute Gasteiger partial charge is 0.334 e. The summed E-state index contributed by atoms with van der Waals surface area (Å²) in [5.74, 6) is 0.743. The first-order valence-corrected chi connectivity index (χ1v) is 9.73. The van der Waals surface area contributed by atoms with E-state index in [9.17, 15) is 9.59 Å². The van der Waals surface area contributed by atoms with E-state index < -0.39 is 0 Å². The zero-order valence-electron chi connectivity index (χ0n) is 14.7. The van der Waals surface area contributed by atoms with Crippen molar-refractivity contribution in [1.82, 2.24) is 19.2 Å². The minimum atomic E-state index is -0.163. The van der Waals surface area contributed by atoms with Crippen molar-refractivity contribution in [2.75, 3.05) is 6.54 Å². The van der Waals surface area contributed by atoms with Crippen LogP contribution in [-0.2, 0) is 24.3 Å². The molecule has 1 fully saturated rings. The molecule has 0 aliphatic carbocycles. The minimum absolute atomic E-state index is 0.000212. The number of hydrogen-bond acceptors (Lipinski definition) is 3. The summed E-state index contributed by atoms with van der Waals surface area (Å²) in [5, 5.41) is 5.11. The van der Waals surface area contributed by atoms with E-state index >= 15 is 0 Å². The number of aryl methyl sites for hydroxylation is 1. The second-order valence-corrected chi connectivity index (χ2v) is 7.49. The lowest BCUT2D eigenvalue weighted by Gasteiger charge is -2.25. The van der Waals surface area contributed by atoms with Gasteiger partial charge in [-0.25, -0.2) is 9.48 Å². The third kappa shape index (κ3) is 3.18. The Kier molecular flexibility index (Phi) is 4.85. The molecule has 0 bridgehead atoms. The maximum Gasteiger partial charge on any atom is 0.346 e. The molecule has 2 aromatic rings. The molecule has 7 heteroatoms. The van der Waals surface area contributed by atoms with Gasteiger partial charge in [0.25, 0.3) is 0 Å². The zero-order chi connectivity index (χ0) is 18.1. The number of carbonyl (C=O) groups is 1. The number of amides is 1. The number of benzene rings is 1. The maximum atomic E-state index is 12.9. The van der Waals surface area contributed by atoms with Crippen LogP contribution in [0.5, 0.6) is 0 Å². The SMILES string of the molecule is O=C(Cn1nc2n(c1=O)CCCCC2)N1CCCC1c1ccccc1Cl. The Morgan fingerprint density at radius 1 is 1.15 bits per heavy atom. The average Bonchev–Trinajstić information content (AvgIpc) is 3.14. The third-order valence-corrected chi connectivity index (χ3v) is 5.75. The Labute approximate surface area is 157 Å². The van der Waals surface area contributed by atoms with Crippen molar-refractivity contribution in [3.05, 3.63) is 51.2 Å². The fourth-order valence-corrected chi connectivity index (χ4v) is 4.34. The number of aromatic nitrogens is 3. The van der Waals surface area contributed by atoms with Gasteiger partial charge >= 0.3 is 5.69 Å². The van der Waals surface area contributed by atoms with Crippen LogP contribution >= 0.6 is 11.6 Å². The van der Waals surface area contributed by atoms with Crippen molar-refractivity contribution in [3.8, 4) is 0 Å². The molecular formula is C19H23ClN4O2. The van der Waals surface area contributed by atoms with Crippen LogP contribution in [0, 0.1) is 0 Å². The molecule has 6 nitrogen and oxygen atoms in total. The van der Waals surface area contributed by atoms with Crippen LogP contribution in [0.15, 0.2) is 29.1 Å². The molecule has 0 N–H and O–H groups in total. The standard InChI is InChI=1S/C19H23ClN4O2/c20-15-8-4-3-7-14(15)16-9-6-12-22(16)18(25)13-24-19(26)23-11-5-1-2-10-17(23)21-24/h3-4,7-8,16H,1-2,5-6,9-13H2. The van der Waals surface area contributed by atoms with Crippen molar-refractivity contribution < 1.29 is 4.79 Å². The predicted octanol–water partition coefficient (Wildman–Crippen LogP) is 2.79. The summed E-state index contributed by atoms with van der Waals surface area (Å²) in [4.78, 5) is 27.4. The third-order valence-electron chi connectivity index (χ3n) is 5.40. The molecule has 1 atom stereocenters. The summed E-state index contributed by atoms with van der Waals surface area (Å²) < 4.78 is 3.07. The van der Waals surface area contributed by atoms with Crippen molar-refractivity contribution >= 4 is 17.5 Å². The van der Waals surface area contributed by atoms with E-state index in [4.69, 9.17) is 11.6 Å². The summed E-state index contributed by atoms with van der Waals surface area (Å²) >= 11 is 6.33. The van der Waals surface area contributed by atoms with Gasteiger partial charge < -0.3 is 4.90 Å². The normalized spacial score (nSPS) is 20.0. The molecule has 0 radical (unpaired) electrons. The van der Waals surface area contributed by atoms with Gasteiger partial charge in [0.15, 0.2) is 0 Å². The van der Waals surface area contributed by atoms with Crippen molar-refractivity contribution in [1.29, 1.82) is 0 Å². The predicted molar refractivity (Wildman–Crippen MR) is 99.2 cm³/mol. The van der Waals surface area contributed by atoms with Gasteiger partial charge in [-0.15, -0.1) is 0 Å². The van der Waals surface area contributed by atoms with Crippen LogP contribution in [0.4, 0.5) is 0 Å². The molecule has 138 valence electrons. The number of fused-ring (bicyclic) bond motifs is 1. The molecule has 1 unspecified atom stereocenters. The van der Waals surface area contributed by atoms with Gasteiger partial charge in [-0.05, 0) is 37.3 Å². The molecule has 3 heterocycles. The highest BCUT2D eigenvalue weighted by molar-refractivity contribution is 6.31. The maximum absolute atomic E-state index is 12.9. The summed E-state index contributed by atoms with van der Waals surface area (Å²) in [5.41, 5.74) is 0.816. The lowest BCUT2D eigenvalue weighted by molar-refractivity contribution is -0.133. The van der Waals surface area contributed by atoms with E-state index in [1.165, 1.54) is 4.68 Å². The molecule has 2 aliphatic heterocycles. The molecule has 1 aromatic heterocycles. The van der Waals surface area contributed by atoms with Crippen LogP contribution in [0.2, 0.25) is 5.02 Å². The number of likely N-dealkylation sites (tertiary alicyclic amines) is 1. The van der Waals surface area contributed by atoms with E-state index in [-0.39, 0.29) is 24.2 Å². The van der Waals surface area contributed by atoms with E-state index in [1.54, 1.807) is 4.57 Å². The Balaban J connectivity index is 1.55. The zero-order valence-corrected chi connectivity index (χ0v) is 15.5. The average molecular weight is 375 g/mol. The van der Waals surface area contributed by atoms with Crippen molar-refractivity contribution in [2.45, 2.75) is 57.7 Å². The minimum Gasteiger partial charge on any atom is -0.334 e. The largest absolute Gasteiger partial charge is 0.346 e. The number of nitrogens with zero attached hydrogens (tertiary/aromatic N) is 4. The fraction of sp³-hybridized carbons (Fsp3) is 0.526. The summed E-state index contributed by atoms with van der Waals surface area (Å²) in [7, 11) is 0. The molecule has 4 rings (SSSR count). The lowest BCUT2D eigenvalue weighted by atomic mass is 10.0. The van der Waals surface area contributed by atoms with Crippen molar-refractivity contribution in [3.63, 3.8) is 0 Å². The highest BCUT2D eigenvalue weighted by atomic mass is 35.5. The van der Waals surface area contributed by atoms with E-state index in [2.05, 4.69) is 5.10 Å². The fourth-order valence-electron chi connectivity index (χ4n) is 4.08. The first-order valence-electron chi connectivity index (χ1n) is 9.35.